The lowest BCUT2D eigenvalue weighted by molar-refractivity contribution is 0.532. The highest BCUT2D eigenvalue weighted by Gasteiger charge is 2.08. The molecule has 0 amide bonds. The van der Waals surface area contributed by atoms with Gasteiger partial charge in [0.05, 0.1) is 5.39 Å². The first-order valence-electron chi connectivity index (χ1n) is 5.07. The number of hydrogen-bond acceptors (Lipinski definition) is 2. The summed E-state index contributed by atoms with van der Waals surface area (Å²) in [5.41, 5.74) is 0.932. The van der Waals surface area contributed by atoms with E-state index in [1.54, 1.807) is 0 Å². The van der Waals surface area contributed by atoms with Crippen LogP contribution in [-0.2, 0) is 6.54 Å². The lowest BCUT2D eigenvalue weighted by Crippen LogP contribution is -2.04. The van der Waals surface area contributed by atoms with Gasteiger partial charge in [-0.25, -0.2) is 9.97 Å². The molecule has 2 aromatic rings. The molecule has 0 saturated carbocycles. The van der Waals surface area contributed by atoms with E-state index in [9.17, 15) is 0 Å². The molecule has 0 spiro atoms. The van der Waals surface area contributed by atoms with E-state index >= 15 is 0 Å². The third-order valence-electron chi connectivity index (χ3n) is 2.25. The summed E-state index contributed by atoms with van der Waals surface area (Å²) < 4.78 is 2.13. The van der Waals surface area contributed by atoms with Crippen LogP contribution < -0.4 is 0 Å². The molecule has 0 unspecified atom stereocenters. The van der Waals surface area contributed by atoms with Gasteiger partial charge in [-0.05, 0) is 18.9 Å². The highest BCUT2D eigenvalue weighted by Crippen LogP contribution is 2.21. The van der Waals surface area contributed by atoms with Crippen molar-refractivity contribution in [2.45, 2.75) is 27.3 Å². The molecular formula is C11H14ClN3. The fourth-order valence-electron chi connectivity index (χ4n) is 1.67. The Morgan fingerprint density at radius 1 is 1.40 bits per heavy atom. The van der Waals surface area contributed by atoms with Crippen LogP contribution >= 0.6 is 11.6 Å². The topological polar surface area (TPSA) is 30.7 Å². The second-order valence-electron chi connectivity index (χ2n) is 4.16. The molecule has 0 aliphatic carbocycles. The number of fused-ring (bicyclic) bond motifs is 1. The van der Waals surface area contributed by atoms with Crippen LogP contribution in [0.15, 0.2) is 12.3 Å². The van der Waals surface area contributed by atoms with Gasteiger partial charge < -0.3 is 4.57 Å². The SMILES string of the molecule is Cc1nc(Cl)c2ccn(CC(C)C)c2n1. The Kier molecular flexibility index (Phi) is 2.65. The molecule has 0 saturated heterocycles. The van der Waals surface area contributed by atoms with Crippen LogP contribution in [0.4, 0.5) is 0 Å². The second kappa shape index (κ2) is 3.81. The molecule has 3 nitrogen and oxygen atoms in total. The van der Waals surface area contributed by atoms with E-state index in [2.05, 4.69) is 28.4 Å². The molecule has 15 heavy (non-hydrogen) atoms. The summed E-state index contributed by atoms with van der Waals surface area (Å²) in [6.07, 6.45) is 2.02. The summed E-state index contributed by atoms with van der Waals surface area (Å²) in [6, 6.07) is 1.97. The van der Waals surface area contributed by atoms with E-state index in [1.807, 2.05) is 19.2 Å². The fourth-order valence-corrected chi connectivity index (χ4v) is 1.94. The number of nitrogens with zero attached hydrogens (tertiary/aromatic N) is 3. The zero-order chi connectivity index (χ0) is 11.0. The van der Waals surface area contributed by atoms with Gasteiger partial charge >= 0.3 is 0 Å². The van der Waals surface area contributed by atoms with Crippen molar-refractivity contribution in [2.75, 3.05) is 0 Å². The van der Waals surface area contributed by atoms with E-state index in [0.29, 0.717) is 11.1 Å². The average Bonchev–Trinajstić information content (AvgIpc) is 2.48. The molecule has 80 valence electrons. The molecule has 0 atom stereocenters. The molecule has 0 fully saturated rings. The van der Waals surface area contributed by atoms with E-state index < -0.39 is 0 Å². The minimum Gasteiger partial charge on any atom is -0.332 e. The standard InChI is InChI=1S/C11H14ClN3/c1-7(2)6-15-5-4-9-10(12)13-8(3)14-11(9)15/h4-5,7H,6H2,1-3H3. The molecule has 0 bridgehead atoms. The van der Waals surface area contributed by atoms with Crippen molar-refractivity contribution >= 4 is 22.6 Å². The van der Waals surface area contributed by atoms with Gasteiger partial charge in [0.1, 0.15) is 16.6 Å². The molecule has 0 aromatic carbocycles. The van der Waals surface area contributed by atoms with Crippen molar-refractivity contribution < 1.29 is 0 Å². The Balaban J connectivity index is 2.58. The predicted octanol–water partition coefficient (Wildman–Crippen LogP) is 3.05. The van der Waals surface area contributed by atoms with Crippen molar-refractivity contribution in [1.82, 2.24) is 14.5 Å². The molecule has 2 heterocycles. The Morgan fingerprint density at radius 3 is 2.80 bits per heavy atom. The van der Waals surface area contributed by atoms with Crippen molar-refractivity contribution in [3.05, 3.63) is 23.2 Å². The Hall–Kier alpha value is -1.09. The van der Waals surface area contributed by atoms with Gasteiger partial charge in [0.25, 0.3) is 0 Å². The third-order valence-corrected chi connectivity index (χ3v) is 2.53. The Morgan fingerprint density at radius 2 is 2.13 bits per heavy atom. The highest BCUT2D eigenvalue weighted by molar-refractivity contribution is 6.33. The first kappa shape index (κ1) is 10.4. The zero-order valence-corrected chi connectivity index (χ0v) is 9.91. The number of hydrogen-bond donors (Lipinski definition) is 0. The van der Waals surface area contributed by atoms with Gasteiger partial charge in [-0.1, -0.05) is 25.4 Å². The number of aryl methyl sites for hydroxylation is 1. The van der Waals surface area contributed by atoms with Crippen LogP contribution in [-0.4, -0.2) is 14.5 Å². The Labute approximate surface area is 94.1 Å². The van der Waals surface area contributed by atoms with Crippen LogP contribution in [0, 0.1) is 12.8 Å². The quantitative estimate of drug-likeness (QED) is 0.733. The summed E-state index contributed by atoms with van der Waals surface area (Å²) in [6.45, 7) is 7.18. The zero-order valence-electron chi connectivity index (χ0n) is 9.16. The lowest BCUT2D eigenvalue weighted by Gasteiger charge is -2.07. The first-order valence-corrected chi connectivity index (χ1v) is 5.44. The van der Waals surface area contributed by atoms with Crippen LogP contribution in [0.1, 0.15) is 19.7 Å². The summed E-state index contributed by atoms with van der Waals surface area (Å²) in [5, 5.41) is 1.47. The van der Waals surface area contributed by atoms with E-state index in [-0.39, 0.29) is 0 Å². The summed E-state index contributed by atoms with van der Waals surface area (Å²) in [5.74, 6) is 1.31. The van der Waals surface area contributed by atoms with Crippen LogP contribution in [0.5, 0.6) is 0 Å². The van der Waals surface area contributed by atoms with E-state index in [4.69, 9.17) is 11.6 Å². The minimum absolute atomic E-state index is 0.542. The van der Waals surface area contributed by atoms with Crippen LogP contribution in [0.25, 0.3) is 11.0 Å². The van der Waals surface area contributed by atoms with E-state index in [1.165, 1.54) is 0 Å². The molecule has 2 aromatic heterocycles. The van der Waals surface area contributed by atoms with Crippen molar-refractivity contribution in [3.8, 4) is 0 Å². The number of rotatable bonds is 2. The smallest absolute Gasteiger partial charge is 0.145 e. The summed E-state index contributed by atoms with van der Waals surface area (Å²) >= 11 is 6.05. The number of halogens is 1. The summed E-state index contributed by atoms with van der Waals surface area (Å²) in [4.78, 5) is 8.55. The van der Waals surface area contributed by atoms with Crippen molar-refractivity contribution in [3.63, 3.8) is 0 Å². The normalized spacial score (nSPS) is 11.5. The van der Waals surface area contributed by atoms with Gasteiger partial charge in [-0.2, -0.15) is 0 Å². The lowest BCUT2D eigenvalue weighted by atomic mass is 10.2. The molecule has 0 radical (unpaired) electrons. The van der Waals surface area contributed by atoms with Gasteiger partial charge in [0.15, 0.2) is 0 Å². The highest BCUT2D eigenvalue weighted by atomic mass is 35.5. The molecule has 0 aliphatic heterocycles. The van der Waals surface area contributed by atoms with Gasteiger partial charge in [0.2, 0.25) is 0 Å². The molecule has 2 rings (SSSR count). The first-order chi connectivity index (χ1) is 7.08. The fraction of sp³-hybridized carbons (Fsp3) is 0.455. The van der Waals surface area contributed by atoms with E-state index in [0.717, 1.165) is 23.4 Å². The monoisotopic (exact) mass is 223 g/mol. The second-order valence-corrected chi connectivity index (χ2v) is 4.52. The maximum absolute atomic E-state index is 6.05. The van der Waals surface area contributed by atoms with Gasteiger partial charge in [0, 0.05) is 12.7 Å². The molecular weight excluding hydrogens is 210 g/mol. The Bertz CT molecular complexity index is 488. The summed E-state index contributed by atoms with van der Waals surface area (Å²) in [7, 11) is 0. The van der Waals surface area contributed by atoms with Gasteiger partial charge in [-0.3, -0.25) is 0 Å². The third kappa shape index (κ3) is 1.97. The van der Waals surface area contributed by atoms with Crippen LogP contribution in [0.2, 0.25) is 5.15 Å². The maximum atomic E-state index is 6.05. The maximum Gasteiger partial charge on any atom is 0.145 e. The molecule has 0 aliphatic rings. The molecule has 4 heteroatoms. The average molecular weight is 224 g/mol. The number of aromatic nitrogens is 3. The molecule has 0 N–H and O–H groups in total. The minimum atomic E-state index is 0.542. The predicted molar refractivity (Wildman–Crippen MR) is 62.1 cm³/mol. The van der Waals surface area contributed by atoms with Crippen LogP contribution in [0.3, 0.4) is 0 Å². The van der Waals surface area contributed by atoms with Crippen molar-refractivity contribution in [2.24, 2.45) is 5.92 Å². The van der Waals surface area contributed by atoms with Crippen molar-refractivity contribution in [1.29, 1.82) is 0 Å². The largest absolute Gasteiger partial charge is 0.332 e. The van der Waals surface area contributed by atoms with Gasteiger partial charge in [-0.15, -0.1) is 0 Å².